The lowest BCUT2D eigenvalue weighted by Crippen LogP contribution is -1.82. The molecule has 0 amide bonds. The molecule has 3 aromatic rings. The third-order valence-corrected chi connectivity index (χ3v) is 2.94. The Morgan fingerprint density at radius 3 is 2.25 bits per heavy atom. The molecule has 0 fully saturated rings. The molecule has 1 aromatic heterocycles. The second-order valence-electron chi connectivity index (χ2n) is 4.28. The summed E-state index contributed by atoms with van der Waals surface area (Å²) < 4.78 is 18.3. The summed E-state index contributed by atoms with van der Waals surface area (Å²) in [5.41, 5.74) is 2.84. The SMILES string of the molecule is O=Cc1ccc(-c2coc(-c3ccc(F)cc3)n2)cc1. The molecule has 2 aromatic carbocycles. The van der Waals surface area contributed by atoms with E-state index in [2.05, 4.69) is 4.98 Å². The van der Waals surface area contributed by atoms with Crippen LogP contribution >= 0.6 is 0 Å². The monoisotopic (exact) mass is 267 g/mol. The number of carbonyl (C=O) groups is 1. The van der Waals surface area contributed by atoms with Crippen LogP contribution in [-0.2, 0) is 0 Å². The summed E-state index contributed by atoms with van der Waals surface area (Å²) in [4.78, 5) is 15.0. The number of rotatable bonds is 3. The molecule has 0 spiro atoms. The van der Waals surface area contributed by atoms with Gasteiger partial charge in [-0.2, -0.15) is 0 Å². The average Bonchev–Trinajstić information content (AvgIpc) is 2.98. The molecule has 0 saturated heterocycles. The Morgan fingerprint density at radius 1 is 0.950 bits per heavy atom. The molecule has 0 aliphatic carbocycles. The van der Waals surface area contributed by atoms with E-state index >= 15 is 0 Å². The largest absolute Gasteiger partial charge is 0.444 e. The highest BCUT2D eigenvalue weighted by Crippen LogP contribution is 2.24. The fourth-order valence-electron chi connectivity index (χ4n) is 1.86. The minimum Gasteiger partial charge on any atom is -0.444 e. The first-order chi connectivity index (χ1) is 9.76. The van der Waals surface area contributed by atoms with E-state index in [1.54, 1.807) is 36.4 Å². The maximum absolute atomic E-state index is 12.9. The van der Waals surface area contributed by atoms with Crippen molar-refractivity contribution >= 4 is 6.29 Å². The second-order valence-corrected chi connectivity index (χ2v) is 4.28. The first-order valence-electron chi connectivity index (χ1n) is 6.03. The van der Waals surface area contributed by atoms with Gasteiger partial charge in [-0.1, -0.05) is 24.3 Å². The highest BCUT2D eigenvalue weighted by atomic mass is 19.1. The van der Waals surface area contributed by atoms with Gasteiger partial charge >= 0.3 is 0 Å². The van der Waals surface area contributed by atoms with Crippen LogP contribution in [0.5, 0.6) is 0 Å². The summed E-state index contributed by atoms with van der Waals surface area (Å²) in [6.45, 7) is 0. The van der Waals surface area contributed by atoms with Crippen molar-refractivity contribution in [2.45, 2.75) is 0 Å². The van der Waals surface area contributed by atoms with Crippen molar-refractivity contribution in [1.82, 2.24) is 4.98 Å². The quantitative estimate of drug-likeness (QED) is 0.674. The van der Waals surface area contributed by atoms with Crippen LogP contribution in [0.3, 0.4) is 0 Å². The predicted octanol–water partition coefficient (Wildman–Crippen LogP) is 3.96. The van der Waals surface area contributed by atoms with Gasteiger partial charge in [-0.05, 0) is 24.3 Å². The van der Waals surface area contributed by atoms with Gasteiger partial charge in [-0.3, -0.25) is 4.79 Å². The van der Waals surface area contributed by atoms with E-state index in [0.717, 1.165) is 11.8 Å². The van der Waals surface area contributed by atoms with Crippen molar-refractivity contribution in [3.63, 3.8) is 0 Å². The standard InChI is InChI=1S/C16H10FNO2/c17-14-7-5-13(6-8-14)16-18-15(10-20-16)12-3-1-11(9-19)2-4-12/h1-10H. The van der Waals surface area contributed by atoms with Crippen molar-refractivity contribution in [3.8, 4) is 22.7 Å². The first kappa shape index (κ1) is 12.3. The summed E-state index contributed by atoms with van der Waals surface area (Å²) in [5.74, 6) is 0.129. The van der Waals surface area contributed by atoms with Gasteiger partial charge in [0.05, 0.1) is 0 Å². The zero-order valence-electron chi connectivity index (χ0n) is 10.4. The zero-order chi connectivity index (χ0) is 13.9. The third-order valence-electron chi connectivity index (χ3n) is 2.94. The Morgan fingerprint density at radius 2 is 1.60 bits per heavy atom. The zero-order valence-corrected chi connectivity index (χ0v) is 10.4. The third kappa shape index (κ3) is 2.36. The molecule has 1 heterocycles. The van der Waals surface area contributed by atoms with Gasteiger partial charge in [0.15, 0.2) is 0 Å². The topological polar surface area (TPSA) is 43.1 Å². The first-order valence-corrected chi connectivity index (χ1v) is 6.03. The van der Waals surface area contributed by atoms with Crippen molar-refractivity contribution in [3.05, 3.63) is 66.2 Å². The molecule has 0 aliphatic heterocycles. The van der Waals surface area contributed by atoms with E-state index in [9.17, 15) is 9.18 Å². The van der Waals surface area contributed by atoms with Gasteiger partial charge in [0.1, 0.15) is 24.1 Å². The van der Waals surface area contributed by atoms with Crippen molar-refractivity contribution in [1.29, 1.82) is 0 Å². The molecule has 3 rings (SSSR count). The molecule has 3 nitrogen and oxygen atoms in total. The Bertz CT molecular complexity index is 730. The van der Waals surface area contributed by atoms with Crippen molar-refractivity contribution in [2.24, 2.45) is 0 Å². The van der Waals surface area contributed by atoms with Gasteiger partial charge in [-0.25, -0.2) is 9.37 Å². The molecule has 0 N–H and O–H groups in total. The van der Waals surface area contributed by atoms with E-state index in [1.807, 2.05) is 0 Å². The minimum absolute atomic E-state index is 0.301. The Balaban J connectivity index is 1.92. The molecule has 98 valence electrons. The summed E-state index contributed by atoms with van der Waals surface area (Å²) in [7, 11) is 0. The van der Waals surface area contributed by atoms with Crippen LogP contribution in [0.2, 0.25) is 0 Å². The van der Waals surface area contributed by atoms with Gasteiger partial charge < -0.3 is 4.42 Å². The van der Waals surface area contributed by atoms with Crippen LogP contribution in [0.15, 0.2) is 59.2 Å². The summed E-state index contributed by atoms with van der Waals surface area (Å²) >= 11 is 0. The molecular formula is C16H10FNO2. The number of nitrogens with zero attached hydrogens (tertiary/aromatic N) is 1. The maximum Gasteiger partial charge on any atom is 0.226 e. The smallest absolute Gasteiger partial charge is 0.226 e. The van der Waals surface area contributed by atoms with Gasteiger partial charge in [0.2, 0.25) is 5.89 Å². The number of hydrogen-bond acceptors (Lipinski definition) is 3. The summed E-state index contributed by atoms with van der Waals surface area (Å²) in [5, 5.41) is 0. The number of benzene rings is 2. The number of hydrogen-bond donors (Lipinski definition) is 0. The second kappa shape index (κ2) is 5.09. The number of oxazole rings is 1. The lowest BCUT2D eigenvalue weighted by molar-refractivity contribution is 0.112. The van der Waals surface area contributed by atoms with Crippen LogP contribution in [0, 0.1) is 5.82 Å². The van der Waals surface area contributed by atoms with E-state index < -0.39 is 0 Å². The molecule has 0 aliphatic rings. The van der Waals surface area contributed by atoms with Gasteiger partial charge in [0, 0.05) is 16.7 Å². The summed E-state index contributed by atoms with van der Waals surface area (Å²) in [6, 6.07) is 13.0. The van der Waals surface area contributed by atoms with Crippen molar-refractivity contribution < 1.29 is 13.6 Å². The maximum atomic E-state index is 12.9. The number of halogens is 1. The predicted molar refractivity (Wildman–Crippen MR) is 72.7 cm³/mol. The highest BCUT2D eigenvalue weighted by molar-refractivity contribution is 5.76. The number of aldehydes is 1. The molecule has 0 bridgehead atoms. The van der Waals surface area contributed by atoms with Gasteiger partial charge in [-0.15, -0.1) is 0 Å². The van der Waals surface area contributed by atoms with Crippen LogP contribution < -0.4 is 0 Å². The summed E-state index contributed by atoms with van der Waals surface area (Å²) in [6.07, 6.45) is 2.32. The van der Waals surface area contributed by atoms with E-state index in [4.69, 9.17) is 4.42 Å². The van der Waals surface area contributed by atoms with Crippen molar-refractivity contribution in [2.75, 3.05) is 0 Å². The molecule has 4 heteroatoms. The van der Waals surface area contributed by atoms with Crippen LogP contribution in [0.25, 0.3) is 22.7 Å². The molecule has 0 atom stereocenters. The molecular weight excluding hydrogens is 257 g/mol. The molecule has 0 saturated carbocycles. The lowest BCUT2D eigenvalue weighted by atomic mass is 10.1. The average molecular weight is 267 g/mol. The molecule has 20 heavy (non-hydrogen) atoms. The van der Waals surface area contributed by atoms with Crippen LogP contribution in [-0.4, -0.2) is 11.3 Å². The fraction of sp³-hybridized carbons (Fsp3) is 0. The van der Waals surface area contributed by atoms with Crippen LogP contribution in [0.1, 0.15) is 10.4 Å². The Hall–Kier alpha value is -2.75. The fourth-order valence-corrected chi connectivity index (χ4v) is 1.86. The van der Waals surface area contributed by atoms with E-state index in [1.165, 1.54) is 18.4 Å². The Labute approximate surface area is 114 Å². The number of aromatic nitrogens is 1. The number of carbonyl (C=O) groups excluding carboxylic acids is 1. The van der Waals surface area contributed by atoms with E-state index in [0.29, 0.717) is 22.7 Å². The Kier molecular flexibility index (Phi) is 3.13. The molecule has 0 unspecified atom stereocenters. The van der Waals surface area contributed by atoms with Gasteiger partial charge in [0.25, 0.3) is 0 Å². The minimum atomic E-state index is -0.301. The highest BCUT2D eigenvalue weighted by Gasteiger charge is 2.08. The van der Waals surface area contributed by atoms with E-state index in [-0.39, 0.29) is 5.82 Å². The lowest BCUT2D eigenvalue weighted by Gasteiger charge is -1.96. The molecule has 0 radical (unpaired) electrons. The normalized spacial score (nSPS) is 10.4. The van der Waals surface area contributed by atoms with Crippen LogP contribution in [0.4, 0.5) is 4.39 Å².